The highest BCUT2D eigenvalue weighted by Crippen LogP contribution is 2.48. The lowest BCUT2D eigenvalue weighted by molar-refractivity contribution is -0.338. The van der Waals surface area contributed by atoms with Crippen molar-refractivity contribution in [2.24, 2.45) is 5.41 Å². The number of ether oxygens (including phenoxy) is 2. The van der Waals surface area contributed by atoms with Crippen LogP contribution >= 0.6 is 0 Å². The van der Waals surface area contributed by atoms with Crippen LogP contribution < -0.4 is 0 Å². The van der Waals surface area contributed by atoms with E-state index in [0.29, 0.717) is 6.54 Å². The molecule has 0 saturated carbocycles. The Morgan fingerprint density at radius 2 is 1.40 bits per heavy atom. The van der Waals surface area contributed by atoms with Crippen molar-refractivity contribution in [3.8, 4) is 6.07 Å². The molecular formula is C16H28N2O2. The second-order valence-corrected chi connectivity index (χ2v) is 8.37. The first-order valence-corrected chi connectivity index (χ1v) is 7.45. The zero-order valence-corrected chi connectivity index (χ0v) is 13.7. The molecule has 0 aromatic carbocycles. The Labute approximate surface area is 123 Å². The maximum atomic E-state index is 9.10. The zero-order valence-electron chi connectivity index (χ0n) is 13.7. The average molecular weight is 280 g/mol. The van der Waals surface area contributed by atoms with E-state index >= 15 is 0 Å². The van der Waals surface area contributed by atoms with E-state index in [1.54, 1.807) is 0 Å². The van der Waals surface area contributed by atoms with Gasteiger partial charge in [-0.3, -0.25) is 4.90 Å². The molecule has 2 saturated heterocycles. The summed E-state index contributed by atoms with van der Waals surface area (Å²) in [6, 6.07) is 2.30. The van der Waals surface area contributed by atoms with Crippen LogP contribution in [0.25, 0.3) is 0 Å². The molecule has 2 fully saturated rings. The van der Waals surface area contributed by atoms with Crippen molar-refractivity contribution in [3.05, 3.63) is 0 Å². The standard InChI is InChI=1S/C16H28N2O2/c1-13(2)11-19-16(20-12-13)9-14(3,4)18(8-7-17)15(5,6)10-16/h8-12H2,1-6H3. The van der Waals surface area contributed by atoms with Gasteiger partial charge in [0.1, 0.15) is 0 Å². The molecule has 20 heavy (non-hydrogen) atoms. The van der Waals surface area contributed by atoms with Crippen LogP contribution in [0.1, 0.15) is 54.4 Å². The monoisotopic (exact) mass is 280 g/mol. The molecule has 0 aromatic rings. The van der Waals surface area contributed by atoms with E-state index in [-0.39, 0.29) is 16.5 Å². The van der Waals surface area contributed by atoms with E-state index < -0.39 is 5.79 Å². The van der Waals surface area contributed by atoms with Gasteiger partial charge in [0.05, 0.1) is 25.8 Å². The van der Waals surface area contributed by atoms with Crippen LogP contribution in [0.5, 0.6) is 0 Å². The molecule has 0 unspecified atom stereocenters. The molecule has 0 radical (unpaired) electrons. The van der Waals surface area contributed by atoms with Crippen molar-refractivity contribution >= 4 is 0 Å². The molecule has 1 spiro atoms. The van der Waals surface area contributed by atoms with E-state index in [1.807, 2.05) is 0 Å². The Bertz CT molecular complexity index is 391. The predicted molar refractivity (Wildman–Crippen MR) is 78.1 cm³/mol. The fraction of sp³-hybridized carbons (Fsp3) is 0.938. The maximum absolute atomic E-state index is 9.10. The highest BCUT2D eigenvalue weighted by atomic mass is 16.7. The molecule has 0 aromatic heterocycles. The van der Waals surface area contributed by atoms with Crippen LogP contribution in [0.3, 0.4) is 0 Å². The van der Waals surface area contributed by atoms with Crippen molar-refractivity contribution in [1.29, 1.82) is 5.26 Å². The summed E-state index contributed by atoms with van der Waals surface area (Å²) in [7, 11) is 0. The van der Waals surface area contributed by atoms with Crippen LogP contribution in [0.2, 0.25) is 0 Å². The maximum Gasteiger partial charge on any atom is 0.171 e. The van der Waals surface area contributed by atoms with E-state index in [0.717, 1.165) is 26.1 Å². The Balaban J connectivity index is 2.23. The van der Waals surface area contributed by atoms with Gasteiger partial charge in [-0.05, 0) is 27.7 Å². The highest BCUT2D eigenvalue weighted by Gasteiger charge is 2.55. The molecule has 0 bridgehead atoms. The summed E-state index contributed by atoms with van der Waals surface area (Å²) in [6.07, 6.45) is 1.61. The van der Waals surface area contributed by atoms with Crippen LogP contribution in [0.15, 0.2) is 0 Å². The number of rotatable bonds is 1. The van der Waals surface area contributed by atoms with Crippen molar-refractivity contribution in [1.82, 2.24) is 4.90 Å². The summed E-state index contributed by atoms with van der Waals surface area (Å²) < 4.78 is 12.4. The van der Waals surface area contributed by atoms with Gasteiger partial charge in [0.25, 0.3) is 0 Å². The van der Waals surface area contributed by atoms with Crippen molar-refractivity contribution in [2.45, 2.75) is 71.2 Å². The minimum Gasteiger partial charge on any atom is -0.349 e. The van der Waals surface area contributed by atoms with E-state index in [1.165, 1.54) is 0 Å². The van der Waals surface area contributed by atoms with E-state index in [2.05, 4.69) is 52.5 Å². The molecule has 0 amide bonds. The molecule has 2 heterocycles. The van der Waals surface area contributed by atoms with Crippen LogP contribution in [-0.4, -0.2) is 41.5 Å². The van der Waals surface area contributed by atoms with Gasteiger partial charge < -0.3 is 9.47 Å². The molecule has 4 heteroatoms. The second-order valence-electron chi connectivity index (χ2n) is 8.37. The van der Waals surface area contributed by atoms with Crippen LogP contribution in [-0.2, 0) is 9.47 Å². The van der Waals surface area contributed by atoms with Gasteiger partial charge in [0.2, 0.25) is 0 Å². The smallest absolute Gasteiger partial charge is 0.171 e. The first-order chi connectivity index (χ1) is 9.02. The molecule has 2 rings (SSSR count). The van der Waals surface area contributed by atoms with Crippen LogP contribution in [0, 0.1) is 16.7 Å². The second kappa shape index (κ2) is 4.69. The number of hydrogen-bond acceptors (Lipinski definition) is 4. The predicted octanol–water partition coefficient (Wildman–Crippen LogP) is 2.93. The van der Waals surface area contributed by atoms with Gasteiger partial charge in [0, 0.05) is 29.3 Å². The molecule has 4 nitrogen and oxygen atoms in total. The van der Waals surface area contributed by atoms with Crippen molar-refractivity contribution in [3.63, 3.8) is 0 Å². The summed E-state index contributed by atoms with van der Waals surface area (Å²) >= 11 is 0. The van der Waals surface area contributed by atoms with Crippen molar-refractivity contribution < 1.29 is 9.47 Å². The lowest BCUT2D eigenvalue weighted by atomic mass is 9.75. The third-order valence-electron chi connectivity index (χ3n) is 4.55. The quantitative estimate of drug-likeness (QED) is 0.693. The third kappa shape index (κ3) is 2.86. The largest absolute Gasteiger partial charge is 0.349 e. The Morgan fingerprint density at radius 3 is 1.80 bits per heavy atom. The number of piperidine rings is 1. The molecule has 114 valence electrons. The molecule has 0 atom stereocenters. The SMILES string of the molecule is CC1(C)COC2(CC(C)(C)N(CC#N)C(C)(C)C2)OC1. The van der Waals surface area contributed by atoms with Crippen molar-refractivity contribution in [2.75, 3.05) is 19.8 Å². The Kier molecular flexibility index (Phi) is 3.70. The molecule has 2 aliphatic heterocycles. The lowest BCUT2D eigenvalue weighted by Gasteiger charge is -2.59. The third-order valence-corrected chi connectivity index (χ3v) is 4.55. The van der Waals surface area contributed by atoms with E-state index in [9.17, 15) is 0 Å². The normalized spacial score (nSPS) is 30.9. The van der Waals surface area contributed by atoms with Gasteiger partial charge >= 0.3 is 0 Å². The van der Waals surface area contributed by atoms with Gasteiger partial charge in [0.15, 0.2) is 5.79 Å². The summed E-state index contributed by atoms with van der Waals surface area (Å²) in [5.74, 6) is -0.492. The number of likely N-dealkylation sites (tertiary alicyclic amines) is 1. The number of nitriles is 1. The Hall–Kier alpha value is -0.630. The number of nitrogens with zero attached hydrogens (tertiary/aromatic N) is 2. The highest BCUT2D eigenvalue weighted by molar-refractivity contribution is 5.06. The summed E-state index contributed by atoms with van der Waals surface area (Å²) in [5.41, 5.74) is -0.138. The van der Waals surface area contributed by atoms with Gasteiger partial charge in [-0.15, -0.1) is 0 Å². The molecule has 2 aliphatic rings. The van der Waals surface area contributed by atoms with Gasteiger partial charge in [-0.25, -0.2) is 0 Å². The Morgan fingerprint density at radius 1 is 0.950 bits per heavy atom. The zero-order chi connectivity index (χ0) is 15.2. The first-order valence-electron chi connectivity index (χ1n) is 7.45. The average Bonchev–Trinajstić information content (AvgIpc) is 2.28. The molecule has 0 aliphatic carbocycles. The summed E-state index contributed by atoms with van der Waals surface area (Å²) in [4.78, 5) is 2.28. The fourth-order valence-electron chi connectivity index (χ4n) is 3.83. The minimum atomic E-state index is -0.492. The molecular weight excluding hydrogens is 252 g/mol. The summed E-state index contributed by atoms with van der Waals surface area (Å²) in [5, 5.41) is 9.10. The minimum absolute atomic E-state index is 0.0866. The first kappa shape index (κ1) is 15.8. The summed E-state index contributed by atoms with van der Waals surface area (Å²) in [6.45, 7) is 15.0. The lowest BCUT2D eigenvalue weighted by Crippen LogP contribution is -2.68. The van der Waals surface area contributed by atoms with Gasteiger partial charge in [-0.1, -0.05) is 13.8 Å². The number of hydrogen-bond donors (Lipinski definition) is 0. The topological polar surface area (TPSA) is 45.5 Å². The van der Waals surface area contributed by atoms with Crippen LogP contribution in [0.4, 0.5) is 0 Å². The molecule has 0 N–H and O–H groups in total. The fourth-order valence-corrected chi connectivity index (χ4v) is 3.83. The van der Waals surface area contributed by atoms with E-state index in [4.69, 9.17) is 14.7 Å². The van der Waals surface area contributed by atoms with Gasteiger partial charge in [-0.2, -0.15) is 5.26 Å².